The number of aromatic nitrogens is 2. The zero-order valence-corrected chi connectivity index (χ0v) is 19.8. The van der Waals surface area contributed by atoms with E-state index in [-0.39, 0.29) is 17.2 Å². The van der Waals surface area contributed by atoms with E-state index in [1.807, 2.05) is 72.8 Å². The lowest BCUT2D eigenvalue weighted by Crippen LogP contribution is -2.24. The number of amides is 1. The minimum absolute atomic E-state index is 0.0566. The number of benzene rings is 3. The molecule has 164 valence electrons. The number of thioether (sulfide) groups is 1. The predicted molar refractivity (Wildman–Crippen MR) is 138 cm³/mol. The summed E-state index contributed by atoms with van der Waals surface area (Å²) in [7, 11) is 0. The van der Waals surface area contributed by atoms with Gasteiger partial charge in [0.1, 0.15) is 0 Å². The van der Waals surface area contributed by atoms with Gasteiger partial charge >= 0.3 is 0 Å². The molecule has 0 aliphatic heterocycles. The monoisotopic (exact) mass is 518 g/mol. The van der Waals surface area contributed by atoms with Crippen LogP contribution in [-0.2, 0) is 4.79 Å². The van der Waals surface area contributed by atoms with Gasteiger partial charge in [-0.3, -0.25) is 14.2 Å². The second kappa shape index (κ2) is 10.9. The van der Waals surface area contributed by atoms with E-state index in [0.29, 0.717) is 21.7 Å². The number of carbonyl (C=O) groups excluding carboxylic acids is 1. The fourth-order valence-electron chi connectivity index (χ4n) is 3.06. The molecule has 0 spiro atoms. The maximum Gasteiger partial charge on any atom is 0.266 e. The third-order valence-electron chi connectivity index (χ3n) is 4.60. The topological polar surface area (TPSA) is 76.3 Å². The first-order valence-corrected chi connectivity index (χ1v) is 11.8. The number of fused-ring (bicyclic) bond motifs is 1. The Balaban J connectivity index is 1.49. The SMILES string of the molecule is O=C(CSc1nc2ccccc2c(=O)n1-c1ccc(Br)cc1)N/N=C\C=C\c1ccccc1. The summed E-state index contributed by atoms with van der Waals surface area (Å²) in [5.74, 6) is -0.241. The first-order chi connectivity index (χ1) is 16.1. The van der Waals surface area contributed by atoms with E-state index in [4.69, 9.17) is 0 Å². The number of carbonyl (C=O) groups is 1. The van der Waals surface area contributed by atoms with Crippen molar-refractivity contribution >= 4 is 56.8 Å². The zero-order chi connectivity index (χ0) is 23.0. The Morgan fingerprint density at radius 3 is 2.55 bits per heavy atom. The van der Waals surface area contributed by atoms with Crippen molar-refractivity contribution in [3.8, 4) is 5.69 Å². The zero-order valence-electron chi connectivity index (χ0n) is 17.4. The number of hydrogen-bond donors (Lipinski definition) is 1. The van der Waals surface area contributed by atoms with Crippen molar-refractivity contribution in [2.75, 3.05) is 5.75 Å². The highest BCUT2D eigenvalue weighted by Gasteiger charge is 2.14. The average Bonchev–Trinajstić information content (AvgIpc) is 2.84. The number of allylic oxidation sites excluding steroid dienone is 1. The third-order valence-corrected chi connectivity index (χ3v) is 6.07. The van der Waals surface area contributed by atoms with Gasteiger partial charge in [0.05, 0.1) is 22.3 Å². The van der Waals surface area contributed by atoms with Crippen molar-refractivity contribution in [2.45, 2.75) is 5.16 Å². The highest BCUT2D eigenvalue weighted by molar-refractivity contribution is 9.10. The molecule has 0 fully saturated rings. The van der Waals surface area contributed by atoms with Crippen LogP contribution in [-0.4, -0.2) is 27.4 Å². The van der Waals surface area contributed by atoms with Gasteiger partial charge in [0.25, 0.3) is 11.5 Å². The summed E-state index contributed by atoms with van der Waals surface area (Å²) >= 11 is 4.59. The summed E-state index contributed by atoms with van der Waals surface area (Å²) < 4.78 is 2.43. The average molecular weight is 519 g/mol. The van der Waals surface area contributed by atoms with Crippen molar-refractivity contribution in [3.63, 3.8) is 0 Å². The van der Waals surface area contributed by atoms with Gasteiger partial charge in [0.15, 0.2) is 5.16 Å². The Labute approximate surface area is 203 Å². The summed E-state index contributed by atoms with van der Waals surface area (Å²) in [6, 6.07) is 24.3. The molecule has 4 aromatic rings. The molecule has 0 saturated heterocycles. The molecular formula is C25H19BrN4O2S. The molecule has 1 N–H and O–H groups in total. The minimum Gasteiger partial charge on any atom is -0.272 e. The standard InChI is InChI=1S/C25H19BrN4O2S/c26-19-12-14-20(15-13-19)30-24(32)21-10-4-5-11-22(21)28-25(30)33-17-23(31)29-27-16-6-9-18-7-2-1-3-8-18/h1-16H,17H2,(H,29,31)/b9-6+,27-16-. The van der Waals surface area contributed by atoms with Crippen LogP contribution < -0.4 is 11.0 Å². The van der Waals surface area contributed by atoms with Crippen molar-refractivity contribution in [1.82, 2.24) is 15.0 Å². The van der Waals surface area contributed by atoms with Crippen molar-refractivity contribution in [1.29, 1.82) is 0 Å². The maximum absolute atomic E-state index is 13.2. The van der Waals surface area contributed by atoms with E-state index in [1.54, 1.807) is 18.2 Å². The van der Waals surface area contributed by atoms with Crippen LogP contribution in [0.5, 0.6) is 0 Å². The first-order valence-electron chi connectivity index (χ1n) is 10.1. The highest BCUT2D eigenvalue weighted by atomic mass is 79.9. The lowest BCUT2D eigenvalue weighted by molar-refractivity contribution is -0.118. The largest absolute Gasteiger partial charge is 0.272 e. The molecule has 1 amide bonds. The molecule has 0 aliphatic rings. The van der Waals surface area contributed by atoms with Crippen molar-refractivity contribution in [2.24, 2.45) is 5.10 Å². The van der Waals surface area contributed by atoms with E-state index in [2.05, 4.69) is 31.4 Å². The van der Waals surface area contributed by atoms with Crippen LogP contribution in [0.1, 0.15) is 5.56 Å². The van der Waals surface area contributed by atoms with Gasteiger partial charge in [-0.2, -0.15) is 5.10 Å². The van der Waals surface area contributed by atoms with Crippen LogP contribution >= 0.6 is 27.7 Å². The number of rotatable bonds is 7. The van der Waals surface area contributed by atoms with Crippen LogP contribution in [0.25, 0.3) is 22.7 Å². The number of nitrogens with one attached hydrogen (secondary N) is 1. The lowest BCUT2D eigenvalue weighted by Gasteiger charge is -2.13. The van der Waals surface area contributed by atoms with Crippen LogP contribution in [0, 0.1) is 0 Å². The number of hydrogen-bond acceptors (Lipinski definition) is 5. The van der Waals surface area contributed by atoms with Crippen LogP contribution in [0.3, 0.4) is 0 Å². The minimum atomic E-state index is -0.297. The molecule has 0 atom stereocenters. The van der Waals surface area contributed by atoms with Gasteiger partial charge in [-0.05, 0) is 48.0 Å². The quantitative estimate of drug-likeness (QED) is 0.160. The summed E-state index contributed by atoms with van der Waals surface area (Å²) in [5.41, 5.74) is 4.61. The smallest absolute Gasteiger partial charge is 0.266 e. The summed E-state index contributed by atoms with van der Waals surface area (Å²) in [6.45, 7) is 0. The van der Waals surface area contributed by atoms with Crippen LogP contribution in [0.4, 0.5) is 0 Å². The Morgan fingerprint density at radius 1 is 1.03 bits per heavy atom. The second-order valence-electron chi connectivity index (χ2n) is 6.90. The van der Waals surface area contributed by atoms with Crippen LogP contribution in [0.2, 0.25) is 0 Å². The molecule has 3 aromatic carbocycles. The van der Waals surface area contributed by atoms with Crippen molar-refractivity contribution < 1.29 is 4.79 Å². The van der Waals surface area contributed by atoms with E-state index in [1.165, 1.54) is 22.5 Å². The molecule has 8 heteroatoms. The lowest BCUT2D eigenvalue weighted by atomic mass is 10.2. The molecule has 0 aliphatic carbocycles. The molecule has 0 radical (unpaired) electrons. The molecular weight excluding hydrogens is 500 g/mol. The van der Waals surface area contributed by atoms with E-state index < -0.39 is 0 Å². The molecule has 0 saturated carbocycles. The Kier molecular flexibility index (Phi) is 7.49. The van der Waals surface area contributed by atoms with Crippen molar-refractivity contribution in [3.05, 3.63) is 105 Å². The number of nitrogens with zero attached hydrogens (tertiary/aromatic N) is 3. The van der Waals surface area contributed by atoms with Crippen LogP contribution in [0.15, 0.2) is 104 Å². The number of para-hydroxylation sites is 1. The molecule has 1 aromatic heterocycles. The summed E-state index contributed by atoms with van der Waals surface area (Å²) in [5, 5.41) is 4.89. The predicted octanol–water partition coefficient (Wildman–Crippen LogP) is 5.06. The van der Waals surface area contributed by atoms with E-state index >= 15 is 0 Å². The van der Waals surface area contributed by atoms with Gasteiger partial charge in [0.2, 0.25) is 0 Å². The third kappa shape index (κ3) is 5.85. The number of hydrazone groups is 1. The Hall–Kier alpha value is -3.49. The molecule has 0 unspecified atom stereocenters. The maximum atomic E-state index is 13.2. The second-order valence-corrected chi connectivity index (χ2v) is 8.76. The Bertz CT molecular complexity index is 1380. The highest BCUT2D eigenvalue weighted by Crippen LogP contribution is 2.22. The van der Waals surface area contributed by atoms with Gasteiger partial charge in [-0.15, -0.1) is 0 Å². The molecule has 4 rings (SSSR count). The fraction of sp³-hybridized carbons (Fsp3) is 0.0400. The van der Waals surface area contributed by atoms with E-state index in [0.717, 1.165) is 10.0 Å². The van der Waals surface area contributed by atoms with Gasteiger partial charge in [-0.1, -0.05) is 76.2 Å². The van der Waals surface area contributed by atoms with Gasteiger partial charge in [0, 0.05) is 10.7 Å². The van der Waals surface area contributed by atoms with E-state index in [9.17, 15) is 9.59 Å². The molecule has 0 bridgehead atoms. The fourth-order valence-corrected chi connectivity index (χ4v) is 4.13. The summed E-state index contributed by atoms with van der Waals surface area (Å²) in [4.78, 5) is 30.1. The normalized spacial score (nSPS) is 11.4. The Morgan fingerprint density at radius 2 is 1.76 bits per heavy atom. The molecule has 6 nitrogen and oxygen atoms in total. The molecule has 33 heavy (non-hydrogen) atoms. The molecule has 1 heterocycles. The first kappa shape index (κ1) is 22.7. The van der Waals surface area contributed by atoms with Gasteiger partial charge in [-0.25, -0.2) is 10.4 Å². The number of halogens is 1. The summed E-state index contributed by atoms with van der Waals surface area (Å²) in [6.07, 6.45) is 5.15. The van der Waals surface area contributed by atoms with Gasteiger partial charge < -0.3 is 0 Å².